The van der Waals surface area contributed by atoms with Gasteiger partial charge in [-0.1, -0.05) is 24.6 Å². The van der Waals surface area contributed by atoms with Crippen LogP contribution in [-0.2, 0) is 11.8 Å². The van der Waals surface area contributed by atoms with Gasteiger partial charge in [0.2, 0.25) is 0 Å². The average molecular weight is 350 g/mol. The van der Waals surface area contributed by atoms with Crippen LogP contribution in [0.2, 0.25) is 5.02 Å². The van der Waals surface area contributed by atoms with Crippen molar-refractivity contribution in [3.8, 4) is 0 Å². The summed E-state index contributed by atoms with van der Waals surface area (Å²) >= 11 is 6.25. The minimum atomic E-state index is -0.0857. The minimum absolute atomic E-state index is 0.00545. The number of likely N-dealkylation sites (N-methyl/N-ethyl adjacent to an activating group) is 1. The van der Waals surface area contributed by atoms with E-state index in [1.807, 2.05) is 42.8 Å². The van der Waals surface area contributed by atoms with E-state index in [-0.39, 0.29) is 18.1 Å². The third kappa shape index (κ3) is 3.16. The molecule has 2 heterocycles. The number of aromatic nitrogens is 1. The second-order valence-electron chi connectivity index (χ2n) is 6.19. The first kappa shape index (κ1) is 17.3. The van der Waals surface area contributed by atoms with Crippen LogP contribution < -0.4 is 5.32 Å². The van der Waals surface area contributed by atoms with Gasteiger partial charge in [0.25, 0.3) is 5.91 Å². The molecule has 1 N–H and O–H groups in total. The molecule has 3 rings (SSSR count). The zero-order valence-electron chi connectivity index (χ0n) is 14.4. The maximum atomic E-state index is 12.8. The highest BCUT2D eigenvalue weighted by Gasteiger charge is 2.34. The highest BCUT2D eigenvalue weighted by atomic mass is 35.5. The van der Waals surface area contributed by atoms with Crippen LogP contribution in [0.3, 0.4) is 0 Å². The van der Waals surface area contributed by atoms with E-state index < -0.39 is 0 Å². The summed E-state index contributed by atoms with van der Waals surface area (Å²) in [6, 6.07) is 7.57. The lowest BCUT2D eigenvalue weighted by molar-refractivity contribution is 0.0504. The fourth-order valence-electron chi connectivity index (χ4n) is 3.42. The van der Waals surface area contributed by atoms with Crippen LogP contribution in [0.4, 0.5) is 0 Å². The van der Waals surface area contributed by atoms with Crippen LogP contribution >= 0.6 is 11.6 Å². The second-order valence-corrected chi connectivity index (χ2v) is 6.59. The van der Waals surface area contributed by atoms with E-state index in [4.69, 9.17) is 16.3 Å². The first-order valence-corrected chi connectivity index (χ1v) is 8.81. The summed E-state index contributed by atoms with van der Waals surface area (Å²) in [5.74, 6) is -0.0857. The number of nitrogens with zero attached hydrogens (tertiary/aromatic N) is 2. The Labute approximate surface area is 147 Å². The van der Waals surface area contributed by atoms with E-state index in [1.54, 1.807) is 0 Å². The van der Waals surface area contributed by atoms with Gasteiger partial charge in [-0.2, -0.15) is 0 Å². The van der Waals surface area contributed by atoms with Gasteiger partial charge >= 0.3 is 0 Å². The van der Waals surface area contributed by atoms with Gasteiger partial charge in [0.05, 0.1) is 12.1 Å². The van der Waals surface area contributed by atoms with E-state index in [0.717, 1.165) is 30.5 Å². The topological polar surface area (TPSA) is 46.5 Å². The third-order valence-electron chi connectivity index (χ3n) is 4.75. The van der Waals surface area contributed by atoms with Crippen molar-refractivity contribution in [3.05, 3.63) is 35.0 Å². The van der Waals surface area contributed by atoms with Crippen LogP contribution in [0.15, 0.2) is 24.3 Å². The van der Waals surface area contributed by atoms with Gasteiger partial charge in [-0.15, -0.1) is 0 Å². The molecule has 0 radical (unpaired) electrons. The van der Waals surface area contributed by atoms with Crippen LogP contribution in [0, 0.1) is 0 Å². The fourth-order valence-corrected chi connectivity index (χ4v) is 3.64. The van der Waals surface area contributed by atoms with Crippen LogP contribution in [0.25, 0.3) is 10.9 Å². The number of ether oxygens (including phenoxy) is 1. The summed E-state index contributed by atoms with van der Waals surface area (Å²) in [5, 5.41) is 4.70. The number of amides is 1. The van der Waals surface area contributed by atoms with Crippen molar-refractivity contribution in [3.63, 3.8) is 0 Å². The van der Waals surface area contributed by atoms with Gasteiger partial charge in [0, 0.05) is 42.7 Å². The molecule has 0 bridgehead atoms. The van der Waals surface area contributed by atoms with Gasteiger partial charge in [-0.3, -0.25) is 9.69 Å². The molecule has 130 valence electrons. The molecule has 0 spiro atoms. The lowest BCUT2D eigenvalue weighted by Crippen LogP contribution is -2.44. The standard InChI is InChI=1S/C18H24ClN3O2/c1-4-22-10-14(17(11-22)24-5-2)20-18(23)16-9-12-13(19)7-6-8-15(12)21(16)3/h6-9,14,17H,4-5,10-11H2,1-3H3,(H,20,23)/t14-,17-/m0/s1. The van der Waals surface area contributed by atoms with Gasteiger partial charge in [-0.05, 0) is 31.7 Å². The number of benzene rings is 1. The van der Waals surface area contributed by atoms with Gasteiger partial charge in [0.15, 0.2) is 0 Å². The van der Waals surface area contributed by atoms with E-state index in [1.165, 1.54) is 0 Å². The molecule has 1 aliphatic rings. The molecule has 2 aromatic rings. The summed E-state index contributed by atoms with van der Waals surface area (Å²) in [5.41, 5.74) is 1.57. The minimum Gasteiger partial charge on any atom is -0.375 e. The Morgan fingerprint density at radius 3 is 2.83 bits per heavy atom. The predicted octanol–water partition coefficient (Wildman–Crippen LogP) is 2.67. The summed E-state index contributed by atoms with van der Waals surface area (Å²) in [6.45, 7) is 7.39. The number of halogens is 1. The molecule has 1 aromatic heterocycles. The number of hydrogen-bond acceptors (Lipinski definition) is 3. The largest absolute Gasteiger partial charge is 0.375 e. The van der Waals surface area contributed by atoms with Crippen LogP contribution in [0.5, 0.6) is 0 Å². The Morgan fingerprint density at radius 2 is 2.17 bits per heavy atom. The lowest BCUT2D eigenvalue weighted by atomic mass is 10.2. The highest BCUT2D eigenvalue weighted by Crippen LogP contribution is 2.26. The van der Waals surface area contributed by atoms with Gasteiger partial charge in [0.1, 0.15) is 5.69 Å². The molecule has 1 aliphatic heterocycles. The maximum Gasteiger partial charge on any atom is 0.268 e. The lowest BCUT2D eigenvalue weighted by Gasteiger charge is -2.19. The zero-order chi connectivity index (χ0) is 17.3. The Hall–Kier alpha value is -1.56. The predicted molar refractivity (Wildman–Crippen MR) is 96.7 cm³/mol. The van der Waals surface area contributed by atoms with Crippen molar-refractivity contribution >= 4 is 28.4 Å². The Balaban J connectivity index is 1.82. The summed E-state index contributed by atoms with van der Waals surface area (Å²) in [4.78, 5) is 15.1. The van der Waals surface area contributed by atoms with Crippen molar-refractivity contribution in [2.45, 2.75) is 26.0 Å². The van der Waals surface area contributed by atoms with E-state index in [0.29, 0.717) is 17.3 Å². The molecule has 1 aromatic carbocycles. The van der Waals surface area contributed by atoms with E-state index in [2.05, 4.69) is 17.1 Å². The number of nitrogens with one attached hydrogen (secondary N) is 1. The molecule has 0 unspecified atom stereocenters. The molecule has 24 heavy (non-hydrogen) atoms. The smallest absolute Gasteiger partial charge is 0.268 e. The molecule has 0 aliphatic carbocycles. The Bertz CT molecular complexity index is 743. The van der Waals surface area contributed by atoms with Crippen molar-refractivity contribution in [2.24, 2.45) is 7.05 Å². The number of likely N-dealkylation sites (tertiary alicyclic amines) is 1. The maximum absolute atomic E-state index is 12.8. The molecule has 6 heteroatoms. The zero-order valence-corrected chi connectivity index (χ0v) is 15.1. The molecule has 0 saturated carbocycles. The normalized spacial score (nSPS) is 21.5. The molecular weight excluding hydrogens is 326 g/mol. The number of hydrogen-bond donors (Lipinski definition) is 1. The number of fused-ring (bicyclic) bond motifs is 1. The van der Waals surface area contributed by atoms with Gasteiger partial charge < -0.3 is 14.6 Å². The molecule has 1 fully saturated rings. The van der Waals surface area contributed by atoms with E-state index >= 15 is 0 Å². The number of aryl methyl sites for hydroxylation is 1. The summed E-state index contributed by atoms with van der Waals surface area (Å²) in [7, 11) is 1.89. The third-order valence-corrected chi connectivity index (χ3v) is 5.08. The summed E-state index contributed by atoms with van der Waals surface area (Å²) < 4.78 is 7.70. The first-order chi connectivity index (χ1) is 11.5. The van der Waals surface area contributed by atoms with Gasteiger partial charge in [-0.25, -0.2) is 0 Å². The van der Waals surface area contributed by atoms with Crippen molar-refractivity contribution in [1.29, 1.82) is 0 Å². The Morgan fingerprint density at radius 1 is 1.38 bits per heavy atom. The summed E-state index contributed by atoms with van der Waals surface area (Å²) in [6.07, 6.45) is 0.0390. The van der Waals surface area contributed by atoms with Crippen LogP contribution in [0.1, 0.15) is 24.3 Å². The van der Waals surface area contributed by atoms with Crippen molar-refractivity contribution in [1.82, 2.24) is 14.8 Å². The average Bonchev–Trinajstić information content (AvgIpc) is 3.10. The SMILES string of the molecule is CCO[C@H]1CN(CC)C[C@@H]1NC(=O)c1cc2c(Cl)cccc2n1C. The quantitative estimate of drug-likeness (QED) is 0.902. The Kier molecular flexibility index (Phi) is 5.13. The van der Waals surface area contributed by atoms with Crippen molar-refractivity contribution in [2.75, 3.05) is 26.2 Å². The molecule has 1 amide bonds. The number of rotatable bonds is 5. The molecule has 1 saturated heterocycles. The second kappa shape index (κ2) is 7.13. The van der Waals surface area contributed by atoms with Crippen molar-refractivity contribution < 1.29 is 9.53 Å². The first-order valence-electron chi connectivity index (χ1n) is 8.43. The number of carbonyl (C=O) groups is 1. The van der Waals surface area contributed by atoms with Crippen LogP contribution in [-0.4, -0.2) is 53.8 Å². The monoisotopic (exact) mass is 349 g/mol. The fraction of sp³-hybridized carbons (Fsp3) is 0.500. The van der Waals surface area contributed by atoms with E-state index in [9.17, 15) is 4.79 Å². The highest BCUT2D eigenvalue weighted by molar-refractivity contribution is 6.35. The molecule has 5 nitrogen and oxygen atoms in total. The number of carbonyl (C=O) groups excluding carboxylic acids is 1. The molecule has 2 atom stereocenters. The molecular formula is C18H24ClN3O2.